The summed E-state index contributed by atoms with van der Waals surface area (Å²) in [5.41, 5.74) is 0.314. The lowest BCUT2D eigenvalue weighted by Gasteiger charge is -2.38. The Bertz CT molecular complexity index is 675. The van der Waals surface area contributed by atoms with Crippen molar-refractivity contribution in [2.75, 3.05) is 44.2 Å². The molecule has 3 atom stereocenters. The van der Waals surface area contributed by atoms with Gasteiger partial charge in [0.25, 0.3) is 5.91 Å². The maximum absolute atomic E-state index is 13.3. The van der Waals surface area contributed by atoms with Crippen LogP contribution in [0.3, 0.4) is 0 Å². The second-order valence-corrected chi connectivity index (χ2v) is 8.22. The summed E-state index contributed by atoms with van der Waals surface area (Å²) in [5, 5.41) is 0.320. The molecule has 7 nitrogen and oxygen atoms in total. The summed E-state index contributed by atoms with van der Waals surface area (Å²) in [5.74, 6) is 0.474. The Morgan fingerprint density at radius 2 is 1.96 bits per heavy atom. The summed E-state index contributed by atoms with van der Waals surface area (Å²) in [6, 6.07) is 0.188. The lowest BCUT2D eigenvalue weighted by molar-refractivity contribution is -0.0715. The van der Waals surface area contributed by atoms with E-state index in [1.807, 2.05) is 23.6 Å². The van der Waals surface area contributed by atoms with Gasteiger partial charge in [0.2, 0.25) is 5.95 Å². The molecule has 1 amide bonds. The second-order valence-electron chi connectivity index (χ2n) is 7.81. The number of hydrogen-bond donors (Lipinski definition) is 0. The first-order chi connectivity index (χ1) is 13.4. The molecule has 28 heavy (non-hydrogen) atoms. The van der Waals surface area contributed by atoms with Gasteiger partial charge in [-0.05, 0) is 40.5 Å². The number of hydrogen-bond acceptors (Lipinski definition) is 6. The summed E-state index contributed by atoms with van der Waals surface area (Å²) in [4.78, 5) is 28.5. The monoisotopic (exact) mass is 409 g/mol. The largest absolute Gasteiger partial charge is 0.373 e. The minimum Gasteiger partial charge on any atom is -0.373 e. The number of likely N-dealkylation sites (tertiary alicyclic amines) is 1. The van der Waals surface area contributed by atoms with Gasteiger partial charge in [-0.2, -0.15) is 0 Å². The van der Waals surface area contributed by atoms with E-state index in [0.29, 0.717) is 16.7 Å². The zero-order valence-corrected chi connectivity index (χ0v) is 18.2. The fraction of sp³-hybridized carbons (Fsp3) is 0.750. The number of anilines is 1. The smallest absolute Gasteiger partial charge is 0.274 e. The van der Waals surface area contributed by atoms with Gasteiger partial charge in [0, 0.05) is 45.3 Å². The normalized spacial score (nSPS) is 25.9. The molecule has 3 heterocycles. The lowest BCUT2D eigenvalue weighted by Crippen LogP contribution is -2.51. The van der Waals surface area contributed by atoms with Gasteiger partial charge < -0.3 is 14.5 Å². The number of carbonyl (C=O) groups is 1. The third kappa shape index (κ3) is 4.75. The van der Waals surface area contributed by atoms with E-state index in [1.54, 1.807) is 6.20 Å². The molecule has 3 rings (SSSR count). The number of carbonyl (C=O) groups excluding carboxylic acids is 1. The van der Waals surface area contributed by atoms with Crippen molar-refractivity contribution < 1.29 is 9.53 Å². The van der Waals surface area contributed by atoms with Crippen molar-refractivity contribution in [2.24, 2.45) is 0 Å². The zero-order chi connectivity index (χ0) is 20.3. The molecule has 1 aromatic rings. The van der Waals surface area contributed by atoms with Crippen molar-refractivity contribution in [3.8, 4) is 0 Å². The number of rotatable bonds is 6. The van der Waals surface area contributed by atoms with Gasteiger partial charge in [-0.3, -0.25) is 9.69 Å². The van der Waals surface area contributed by atoms with Crippen LogP contribution < -0.4 is 4.90 Å². The molecular weight excluding hydrogens is 378 g/mol. The van der Waals surface area contributed by atoms with Crippen LogP contribution in [0.2, 0.25) is 5.02 Å². The molecule has 0 aromatic carbocycles. The van der Waals surface area contributed by atoms with Gasteiger partial charge >= 0.3 is 0 Å². The van der Waals surface area contributed by atoms with Gasteiger partial charge in [0.05, 0.1) is 23.4 Å². The SMILES string of the molecule is CCN(CC)c1ncc(Cl)c(C(=O)N2CCCC2CN2CC(C)OC(C)C2)n1. The molecule has 0 N–H and O–H groups in total. The Balaban J connectivity index is 1.75. The predicted octanol–water partition coefficient (Wildman–Crippen LogP) is 2.69. The molecule has 156 valence electrons. The fourth-order valence-electron chi connectivity index (χ4n) is 4.33. The highest BCUT2D eigenvalue weighted by molar-refractivity contribution is 6.33. The van der Waals surface area contributed by atoms with E-state index in [4.69, 9.17) is 16.3 Å². The highest BCUT2D eigenvalue weighted by atomic mass is 35.5. The van der Waals surface area contributed by atoms with Crippen molar-refractivity contribution in [3.05, 3.63) is 16.9 Å². The molecule has 3 unspecified atom stereocenters. The maximum Gasteiger partial charge on any atom is 0.274 e. The van der Waals surface area contributed by atoms with Gasteiger partial charge in [0.1, 0.15) is 0 Å². The fourth-order valence-corrected chi connectivity index (χ4v) is 4.50. The van der Waals surface area contributed by atoms with Gasteiger partial charge in [-0.25, -0.2) is 9.97 Å². The first-order valence-corrected chi connectivity index (χ1v) is 10.8. The van der Waals surface area contributed by atoms with E-state index in [2.05, 4.69) is 28.7 Å². The zero-order valence-electron chi connectivity index (χ0n) is 17.4. The van der Waals surface area contributed by atoms with E-state index < -0.39 is 0 Å². The third-order valence-electron chi connectivity index (χ3n) is 5.58. The van der Waals surface area contributed by atoms with Crippen LogP contribution in [0.15, 0.2) is 6.20 Å². The van der Waals surface area contributed by atoms with Crippen LogP contribution in [0, 0.1) is 0 Å². The van der Waals surface area contributed by atoms with Crippen molar-refractivity contribution in [2.45, 2.75) is 58.8 Å². The average molecular weight is 410 g/mol. The Kier molecular flexibility index (Phi) is 7.12. The van der Waals surface area contributed by atoms with Crippen molar-refractivity contribution in [1.82, 2.24) is 19.8 Å². The molecule has 0 bridgehead atoms. The van der Waals surface area contributed by atoms with Crippen LogP contribution in [0.1, 0.15) is 51.0 Å². The standard InChI is InChI=1S/C20H32ClN5O2/c1-5-25(6-2)20-22-10-17(21)18(23-20)19(27)26-9-7-8-16(26)13-24-11-14(3)28-15(4)12-24/h10,14-16H,5-9,11-13H2,1-4H3. The lowest BCUT2D eigenvalue weighted by atomic mass is 10.1. The Morgan fingerprint density at radius 1 is 1.29 bits per heavy atom. The molecule has 2 fully saturated rings. The van der Waals surface area contributed by atoms with Crippen LogP contribution in [0.25, 0.3) is 0 Å². The predicted molar refractivity (Wildman–Crippen MR) is 111 cm³/mol. The first kappa shape index (κ1) is 21.3. The number of aromatic nitrogens is 2. The summed E-state index contributed by atoms with van der Waals surface area (Å²) < 4.78 is 5.84. The Morgan fingerprint density at radius 3 is 2.61 bits per heavy atom. The molecule has 0 saturated carbocycles. The van der Waals surface area contributed by atoms with E-state index >= 15 is 0 Å². The van der Waals surface area contributed by atoms with Crippen molar-refractivity contribution >= 4 is 23.5 Å². The second kappa shape index (κ2) is 9.37. The van der Waals surface area contributed by atoms with Crippen LogP contribution in [-0.2, 0) is 4.74 Å². The molecule has 0 aliphatic carbocycles. The van der Waals surface area contributed by atoms with Crippen molar-refractivity contribution in [3.63, 3.8) is 0 Å². The summed E-state index contributed by atoms with van der Waals surface area (Å²) in [6.45, 7) is 13.3. The molecule has 8 heteroatoms. The van der Waals surface area contributed by atoms with Gasteiger partial charge in [-0.1, -0.05) is 11.6 Å². The Labute approximate surface area is 173 Å². The average Bonchev–Trinajstić information content (AvgIpc) is 3.10. The number of ether oxygens (including phenoxy) is 1. The Hall–Kier alpha value is -1.44. The van der Waals surface area contributed by atoms with Gasteiger partial charge in [0.15, 0.2) is 5.69 Å². The van der Waals surface area contributed by atoms with E-state index in [0.717, 1.165) is 52.1 Å². The molecule has 0 radical (unpaired) electrons. The number of morpholine rings is 1. The summed E-state index contributed by atoms with van der Waals surface area (Å²) in [7, 11) is 0. The minimum absolute atomic E-state index is 0.0855. The topological polar surface area (TPSA) is 61.8 Å². The molecule has 2 aliphatic rings. The third-order valence-corrected chi connectivity index (χ3v) is 5.86. The van der Waals surface area contributed by atoms with Crippen LogP contribution in [0.5, 0.6) is 0 Å². The van der Waals surface area contributed by atoms with Crippen LogP contribution in [0.4, 0.5) is 5.95 Å². The van der Waals surface area contributed by atoms with Crippen molar-refractivity contribution in [1.29, 1.82) is 0 Å². The van der Waals surface area contributed by atoms with E-state index in [9.17, 15) is 4.79 Å². The molecule has 1 aromatic heterocycles. The summed E-state index contributed by atoms with van der Waals surface area (Å²) in [6.07, 6.45) is 4.02. The summed E-state index contributed by atoms with van der Waals surface area (Å²) >= 11 is 6.32. The number of halogens is 1. The molecule has 2 aliphatic heterocycles. The quantitative estimate of drug-likeness (QED) is 0.719. The van der Waals surface area contributed by atoms with Crippen LogP contribution >= 0.6 is 11.6 Å². The van der Waals surface area contributed by atoms with E-state index in [-0.39, 0.29) is 24.2 Å². The van der Waals surface area contributed by atoms with Crippen LogP contribution in [-0.4, -0.2) is 83.2 Å². The number of amides is 1. The minimum atomic E-state index is -0.0855. The molecular formula is C20H32ClN5O2. The number of nitrogens with zero attached hydrogens (tertiary/aromatic N) is 5. The highest BCUT2D eigenvalue weighted by Gasteiger charge is 2.34. The molecule has 2 saturated heterocycles. The van der Waals surface area contributed by atoms with E-state index in [1.165, 1.54) is 0 Å². The maximum atomic E-state index is 13.3. The van der Waals surface area contributed by atoms with Gasteiger partial charge in [-0.15, -0.1) is 0 Å². The highest BCUT2D eigenvalue weighted by Crippen LogP contribution is 2.25. The first-order valence-electron chi connectivity index (χ1n) is 10.4. The molecule has 0 spiro atoms.